The molecule has 2 aliphatic rings. The van der Waals surface area contributed by atoms with Crippen molar-refractivity contribution in [3.05, 3.63) is 47.3 Å². The van der Waals surface area contributed by atoms with Crippen molar-refractivity contribution in [3.8, 4) is 0 Å². The number of nitrogens with zero attached hydrogens (tertiary/aromatic N) is 1. The average Bonchev–Trinajstić information content (AvgIpc) is 3.14. The van der Waals surface area contributed by atoms with Gasteiger partial charge in [-0.25, -0.2) is 0 Å². The molecule has 1 fully saturated rings. The molecule has 1 aromatic rings. The molecule has 2 aliphatic heterocycles. The van der Waals surface area contributed by atoms with Gasteiger partial charge in [0.2, 0.25) is 5.91 Å². The molecule has 0 aliphatic carbocycles. The normalized spacial score (nSPS) is 19.5. The lowest BCUT2D eigenvalue weighted by Gasteiger charge is -2.18. The summed E-state index contributed by atoms with van der Waals surface area (Å²) in [6, 6.07) is 4.12. The van der Waals surface area contributed by atoms with Crippen molar-refractivity contribution in [1.29, 1.82) is 0 Å². The zero-order valence-corrected chi connectivity index (χ0v) is 12.7. The maximum Gasteiger partial charge on any atom is 0.416 e. The predicted molar refractivity (Wildman–Crippen MR) is 79.7 cm³/mol. The van der Waals surface area contributed by atoms with Crippen LogP contribution in [0.4, 0.5) is 13.2 Å². The zero-order chi connectivity index (χ0) is 17.3. The van der Waals surface area contributed by atoms with Crippen LogP contribution in [-0.4, -0.2) is 36.3 Å². The minimum Gasteiger partial charge on any atom is -0.389 e. The van der Waals surface area contributed by atoms with Crippen molar-refractivity contribution < 1.29 is 22.8 Å². The van der Waals surface area contributed by atoms with E-state index in [1.807, 2.05) is 0 Å². The van der Waals surface area contributed by atoms with Gasteiger partial charge in [0, 0.05) is 36.5 Å². The molecular weight excluding hydrogens is 323 g/mol. The fourth-order valence-electron chi connectivity index (χ4n) is 2.95. The largest absolute Gasteiger partial charge is 0.416 e. The minimum atomic E-state index is -4.52. The van der Waals surface area contributed by atoms with Crippen molar-refractivity contribution in [1.82, 2.24) is 15.5 Å². The number of amides is 2. The lowest BCUT2D eigenvalue weighted by molar-refractivity contribution is -0.137. The molecular formula is C16H16F3N3O2. The Morgan fingerprint density at radius 3 is 2.88 bits per heavy atom. The standard InChI is InChI=1S/C16H16F3N3O2/c17-16(18,19)12-3-1-2-10(6-12)15(24)21-9-14(23)22-5-4-11-7-20-8-13(11)22/h1-3,6,8,11,20H,4-5,7,9H2,(H,21,24). The summed E-state index contributed by atoms with van der Waals surface area (Å²) in [6.07, 6.45) is -1.85. The Morgan fingerprint density at radius 1 is 1.33 bits per heavy atom. The molecule has 2 amide bonds. The summed E-state index contributed by atoms with van der Waals surface area (Å²) >= 11 is 0. The first-order chi connectivity index (χ1) is 11.4. The fourth-order valence-corrected chi connectivity index (χ4v) is 2.95. The van der Waals surface area contributed by atoms with Crippen molar-refractivity contribution in [3.63, 3.8) is 0 Å². The van der Waals surface area contributed by atoms with E-state index in [1.54, 1.807) is 11.1 Å². The quantitative estimate of drug-likeness (QED) is 0.882. The number of alkyl halides is 3. The van der Waals surface area contributed by atoms with Gasteiger partial charge >= 0.3 is 6.18 Å². The highest BCUT2D eigenvalue weighted by molar-refractivity contribution is 5.96. The average molecular weight is 339 g/mol. The van der Waals surface area contributed by atoms with Gasteiger partial charge in [-0.3, -0.25) is 9.59 Å². The Balaban J connectivity index is 1.61. The molecule has 0 radical (unpaired) electrons. The molecule has 24 heavy (non-hydrogen) atoms. The van der Waals surface area contributed by atoms with E-state index in [1.165, 1.54) is 12.1 Å². The van der Waals surface area contributed by atoms with Gasteiger partial charge < -0.3 is 15.5 Å². The first-order valence-corrected chi connectivity index (χ1v) is 7.55. The summed E-state index contributed by atoms with van der Waals surface area (Å²) < 4.78 is 38.0. The molecule has 0 bridgehead atoms. The Hall–Kier alpha value is -2.51. The van der Waals surface area contributed by atoms with Gasteiger partial charge in [0.25, 0.3) is 5.91 Å². The second-order valence-corrected chi connectivity index (χ2v) is 5.77. The summed E-state index contributed by atoms with van der Waals surface area (Å²) in [5.41, 5.74) is -0.113. The maximum absolute atomic E-state index is 12.7. The Kier molecular flexibility index (Phi) is 4.21. The van der Waals surface area contributed by atoms with Crippen LogP contribution >= 0.6 is 0 Å². The SMILES string of the molecule is O=C(NCC(=O)N1CCC2CNC=C21)c1cccc(C(F)(F)F)c1. The first kappa shape index (κ1) is 16.4. The summed E-state index contributed by atoms with van der Waals surface area (Å²) in [4.78, 5) is 25.8. The monoisotopic (exact) mass is 339 g/mol. The van der Waals surface area contributed by atoms with E-state index in [4.69, 9.17) is 0 Å². The topological polar surface area (TPSA) is 61.4 Å². The van der Waals surface area contributed by atoms with E-state index >= 15 is 0 Å². The van der Waals surface area contributed by atoms with E-state index in [2.05, 4.69) is 10.6 Å². The van der Waals surface area contributed by atoms with Gasteiger partial charge in [-0.15, -0.1) is 0 Å². The third-order valence-corrected chi connectivity index (χ3v) is 4.20. The van der Waals surface area contributed by atoms with E-state index in [0.717, 1.165) is 30.8 Å². The molecule has 8 heteroatoms. The van der Waals surface area contributed by atoms with Crippen LogP contribution in [0.3, 0.4) is 0 Å². The molecule has 1 unspecified atom stereocenters. The molecule has 0 spiro atoms. The summed E-state index contributed by atoms with van der Waals surface area (Å²) in [7, 11) is 0. The van der Waals surface area contributed by atoms with E-state index in [-0.39, 0.29) is 18.0 Å². The lowest BCUT2D eigenvalue weighted by atomic mass is 10.1. The maximum atomic E-state index is 12.7. The fraction of sp³-hybridized carbons (Fsp3) is 0.375. The van der Waals surface area contributed by atoms with E-state index in [0.29, 0.717) is 12.5 Å². The summed E-state index contributed by atoms with van der Waals surface area (Å²) in [5, 5.41) is 5.46. The van der Waals surface area contributed by atoms with Crippen LogP contribution in [0, 0.1) is 5.92 Å². The van der Waals surface area contributed by atoms with Gasteiger partial charge in [0.05, 0.1) is 12.1 Å². The molecule has 128 valence electrons. The van der Waals surface area contributed by atoms with Crippen molar-refractivity contribution in [2.45, 2.75) is 12.6 Å². The lowest BCUT2D eigenvalue weighted by Crippen LogP contribution is -2.38. The molecule has 3 rings (SSSR count). The van der Waals surface area contributed by atoms with Gasteiger partial charge in [-0.2, -0.15) is 13.2 Å². The van der Waals surface area contributed by atoms with Gasteiger partial charge in [-0.1, -0.05) is 6.07 Å². The first-order valence-electron chi connectivity index (χ1n) is 7.55. The van der Waals surface area contributed by atoms with Gasteiger partial charge in [0.1, 0.15) is 0 Å². The minimum absolute atomic E-state index is 0.126. The zero-order valence-electron chi connectivity index (χ0n) is 12.7. The van der Waals surface area contributed by atoms with Gasteiger partial charge in [-0.05, 0) is 24.6 Å². The molecule has 1 atom stereocenters. The molecule has 0 aromatic heterocycles. The third-order valence-electron chi connectivity index (χ3n) is 4.20. The molecule has 2 heterocycles. The number of benzene rings is 1. The number of fused-ring (bicyclic) bond motifs is 1. The highest BCUT2D eigenvalue weighted by Crippen LogP contribution is 2.30. The number of rotatable bonds is 3. The molecule has 1 saturated heterocycles. The second kappa shape index (κ2) is 6.18. The second-order valence-electron chi connectivity index (χ2n) is 5.77. The van der Waals surface area contributed by atoms with Crippen LogP contribution in [0.25, 0.3) is 0 Å². The summed E-state index contributed by atoms with van der Waals surface area (Å²) in [6.45, 7) is 1.14. The number of hydrogen-bond acceptors (Lipinski definition) is 3. The molecule has 2 N–H and O–H groups in total. The van der Waals surface area contributed by atoms with Crippen molar-refractivity contribution in [2.75, 3.05) is 19.6 Å². The molecule has 0 saturated carbocycles. The van der Waals surface area contributed by atoms with Crippen LogP contribution in [0.2, 0.25) is 0 Å². The third kappa shape index (κ3) is 3.22. The van der Waals surface area contributed by atoms with Crippen LogP contribution in [0.1, 0.15) is 22.3 Å². The van der Waals surface area contributed by atoms with Gasteiger partial charge in [0.15, 0.2) is 0 Å². The highest BCUT2D eigenvalue weighted by atomic mass is 19.4. The van der Waals surface area contributed by atoms with Crippen LogP contribution < -0.4 is 10.6 Å². The van der Waals surface area contributed by atoms with Crippen molar-refractivity contribution >= 4 is 11.8 Å². The van der Waals surface area contributed by atoms with Crippen LogP contribution in [0.5, 0.6) is 0 Å². The Labute approximate surface area is 136 Å². The Morgan fingerprint density at radius 2 is 2.12 bits per heavy atom. The predicted octanol–water partition coefficient (Wildman–Crippen LogP) is 1.73. The summed E-state index contributed by atoms with van der Waals surface area (Å²) in [5.74, 6) is -0.662. The number of likely N-dealkylation sites (tertiary alicyclic amines) is 1. The van der Waals surface area contributed by atoms with E-state index in [9.17, 15) is 22.8 Å². The molecule has 1 aromatic carbocycles. The molecule has 5 nitrogen and oxygen atoms in total. The number of carbonyl (C=O) groups excluding carboxylic acids is 2. The van der Waals surface area contributed by atoms with Crippen LogP contribution in [-0.2, 0) is 11.0 Å². The van der Waals surface area contributed by atoms with Crippen LogP contribution in [0.15, 0.2) is 36.2 Å². The number of halogens is 3. The van der Waals surface area contributed by atoms with E-state index < -0.39 is 17.6 Å². The number of carbonyl (C=O) groups is 2. The number of hydrogen-bond donors (Lipinski definition) is 2. The smallest absolute Gasteiger partial charge is 0.389 e. The van der Waals surface area contributed by atoms with Crippen molar-refractivity contribution in [2.24, 2.45) is 5.92 Å². The Bertz CT molecular complexity index is 700. The number of nitrogens with one attached hydrogen (secondary N) is 2. The highest BCUT2D eigenvalue weighted by Gasteiger charge is 2.34.